The number of methoxy groups -OCH3 is 1. The van der Waals surface area contributed by atoms with Gasteiger partial charge in [0.05, 0.1) is 36.1 Å². The fraction of sp³-hybridized carbons (Fsp3) is 0.345. The molecule has 10 nitrogen and oxygen atoms in total. The van der Waals surface area contributed by atoms with Crippen LogP contribution in [-0.2, 0) is 11.8 Å². The third-order valence-electron chi connectivity index (χ3n) is 6.61. The Morgan fingerprint density at radius 1 is 1.13 bits per heavy atom. The lowest BCUT2D eigenvalue weighted by Crippen LogP contribution is -2.29. The summed E-state index contributed by atoms with van der Waals surface area (Å²) in [4.78, 5) is 26.2. The number of hydrogen-bond acceptors (Lipinski definition) is 8. The van der Waals surface area contributed by atoms with Crippen LogP contribution >= 0.6 is 0 Å². The molecule has 10 heteroatoms. The summed E-state index contributed by atoms with van der Waals surface area (Å²) in [6, 6.07) is 11.8. The fourth-order valence-electron chi connectivity index (χ4n) is 4.32. The molecule has 0 aliphatic heterocycles. The zero-order valence-electron chi connectivity index (χ0n) is 23.7. The first-order valence-corrected chi connectivity index (χ1v) is 12.9. The van der Waals surface area contributed by atoms with E-state index < -0.39 is 0 Å². The minimum absolute atomic E-state index is 0.107. The first-order valence-electron chi connectivity index (χ1n) is 12.9. The lowest BCUT2D eigenvalue weighted by molar-refractivity contribution is -0.118. The van der Waals surface area contributed by atoms with Gasteiger partial charge >= 0.3 is 0 Å². The third kappa shape index (κ3) is 6.06. The van der Waals surface area contributed by atoms with E-state index in [1.165, 1.54) is 0 Å². The summed E-state index contributed by atoms with van der Waals surface area (Å²) < 4.78 is 7.74. The Balaban J connectivity index is 1.74. The molecule has 2 heterocycles. The number of ether oxygens (including phenoxy) is 1. The van der Waals surface area contributed by atoms with Crippen molar-refractivity contribution in [2.24, 2.45) is 13.0 Å². The molecule has 0 fully saturated rings. The Kier molecular flexibility index (Phi) is 8.25. The van der Waals surface area contributed by atoms with Gasteiger partial charge in [-0.1, -0.05) is 32.0 Å². The number of anilines is 5. The van der Waals surface area contributed by atoms with E-state index in [0.717, 1.165) is 35.2 Å². The second-order valence-electron chi connectivity index (χ2n) is 10.2. The minimum Gasteiger partial charge on any atom is -0.494 e. The summed E-state index contributed by atoms with van der Waals surface area (Å²) in [7, 11) is 9.69. The van der Waals surface area contributed by atoms with Crippen molar-refractivity contribution in [1.29, 1.82) is 0 Å². The van der Waals surface area contributed by atoms with Crippen LogP contribution in [0.2, 0.25) is 0 Å². The van der Waals surface area contributed by atoms with Crippen LogP contribution in [-0.4, -0.2) is 66.7 Å². The number of fused-ring (bicyclic) bond motifs is 1. The van der Waals surface area contributed by atoms with Gasteiger partial charge in [-0.15, -0.1) is 0 Å². The molecule has 2 aromatic heterocycles. The first kappa shape index (κ1) is 27.7. The van der Waals surface area contributed by atoms with Crippen molar-refractivity contribution in [1.82, 2.24) is 19.4 Å². The molecule has 0 radical (unpaired) electrons. The lowest BCUT2D eigenvalue weighted by Gasteiger charge is -2.24. The smallest absolute Gasteiger partial charge is 0.227 e. The van der Waals surface area contributed by atoms with E-state index in [1.54, 1.807) is 13.3 Å². The van der Waals surface area contributed by atoms with E-state index in [2.05, 4.69) is 31.5 Å². The largest absolute Gasteiger partial charge is 0.494 e. The van der Waals surface area contributed by atoms with Gasteiger partial charge in [0.25, 0.3) is 0 Å². The Morgan fingerprint density at radius 2 is 1.87 bits per heavy atom. The number of nitrogen functional groups attached to an aromatic ring is 1. The molecule has 4 N–H and O–H groups in total. The van der Waals surface area contributed by atoms with Gasteiger partial charge in [0, 0.05) is 61.8 Å². The number of aryl methyl sites for hydroxylation is 1. The highest BCUT2D eigenvalue weighted by atomic mass is 16.5. The molecule has 0 bridgehead atoms. The number of amides is 1. The minimum atomic E-state index is -0.190. The monoisotopic (exact) mass is 530 g/mol. The van der Waals surface area contributed by atoms with Crippen molar-refractivity contribution in [3.05, 3.63) is 48.8 Å². The molecule has 2 aromatic carbocycles. The molecule has 4 rings (SSSR count). The molecule has 0 atom stereocenters. The molecule has 0 spiro atoms. The average molecular weight is 531 g/mol. The summed E-state index contributed by atoms with van der Waals surface area (Å²) in [5.74, 6) is 0.671. The molecular weight excluding hydrogens is 492 g/mol. The summed E-state index contributed by atoms with van der Waals surface area (Å²) in [6.45, 7) is 5.40. The Morgan fingerprint density at radius 3 is 2.56 bits per heavy atom. The van der Waals surface area contributed by atoms with Gasteiger partial charge < -0.3 is 35.5 Å². The molecule has 0 unspecified atom stereocenters. The summed E-state index contributed by atoms with van der Waals surface area (Å²) in [6.07, 6.45) is 3.64. The van der Waals surface area contributed by atoms with E-state index in [0.29, 0.717) is 34.5 Å². The van der Waals surface area contributed by atoms with E-state index >= 15 is 0 Å². The lowest BCUT2D eigenvalue weighted by atomic mass is 10.1. The highest BCUT2D eigenvalue weighted by Gasteiger charge is 2.19. The maximum atomic E-state index is 12.6. The zero-order chi connectivity index (χ0) is 28.3. The van der Waals surface area contributed by atoms with Gasteiger partial charge in [-0.2, -0.15) is 0 Å². The molecular formula is C29H38N8O2. The van der Waals surface area contributed by atoms with Crippen LogP contribution in [0.5, 0.6) is 5.75 Å². The average Bonchev–Trinajstić information content (AvgIpc) is 3.24. The maximum absolute atomic E-state index is 12.6. The third-order valence-corrected chi connectivity index (χ3v) is 6.61. The van der Waals surface area contributed by atoms with Gasteiger partial charge in [0.2, 0.25) is 11.9 Å². The summed E-state index contributed by atoms with van der Waals surface area (Å²) in [5.41, 5.74) is 11.7. The van der Waals surface area contributed by atoms with Crippen molar-refractivity contribution in [2.75, 3.05) is 62.6 Å². The van der Waals surface area contributed by atoms with E-state index in [9.17, 15) is 4.79 Å². The number of nitrogens with two attached hydrogens (primary N) is 1. The number of nitrogens with zero attached hydrogens (tertiary/aromatic N) is 5. The molecule has 4 aromatic rings. The second-order valence-corrected chi connectivity index (χ2v) is 10.2. The number of nitrogens with one attached hydrogen (secondary N) is 2. The Bertz CT molecular complexity index is 1480. The number of para-hydroxylation sites is 1. The highest BCUT2D eigenvalue weighted by molar-refractivity contribution is 6.02. The molecule has 0 aliphatic carbocycles. The van der Waals surface area contributed by atoms with Crippen LogP contribution in [0, 0.1) is 5.92 Å². The topological polar surface area (TPSA) is 114 Å². The molecule has 0 aliphatic rings. The SMILES string of the molecule is COc1cc(N(C)CCN(C)C)c(N)cc1Nc1ncc(NC(=O)C(C)C)c(-c2cn(C)c3ccccc23)n1. The molecule has 0 saturated heterocycles. The normalized spacial score (nSPS) is 11.3. The van der Waals surface area contributed by atoms with Gasteiger partial charge in [-0.05, 0) is 26.2 Å². The zero-order valence-corrected chi connectivity index (χ0v) is 23.7. The molecule has 206 valence electrons. The highest BCUT2D eigenvalue weighted by Crippen LogP contribution is 2.38. The van der Waals surface area contributed by atoms with Crippen LogP contribution in [0.15, 0.2) is 48.8 Å². The van der Waals surface area contributed by atoms with Gasteiger partial charge in [-0.3, -0.25) is 4.79 Å². The second kappa shape index (κ2) is 11.6. The van der Waals surface area contributed by atoms with E-state index in [4.69, 9.17) is 15.5 Å². The van der Waals surface area contributed by atoms with Crippen molar-refractivity contribution in [3.8, 4) is 17.0 Å². The number of hydrogen-bond donors (Lipinski definition) is 3. The van der Waals surface area contributed by atoms with Crippen LogP contribution < -0.4 is 26.0 Å². The van der Waals surface area contributed by atoms with Crippen LogP contribution in [0.4, 0.5) is 28.7 Å². The van der Waals surface area contributed by atoms with Crippen LogP contribution in [0.25, 0.3) is 22.2 Å². The number of rotatable bonds is 10. The van der Waals surface area contributed by atoms with Crippen molar-refractivity contribution in [3.63, 3.8) is 0 Å². The fourth-order valence-corrected chi connectivity index (χ4v) is 4.32. The first-order chi connectivity index (χ1) is 18.6. The van der Waals surface area contributed by atoms with Gasteiger partial charge in [-0.25, -0.2) is 9.97 Å². The number of aromatic nitrogens is 3. The Labute approximate surface area is 229 Å². The summed E-state index contributed by atoms with van der Waals surface area (Å²) >= 11 is 0. The number of carbonyl (C=O) groups excluding carboxylic acids is 1. The standard InChI is InChI=1S/C29H38N8O2/c1-18(2)28(38)32-23-16-31-29(34-27(23)20-17-37(6)24-11-9-8-10-19(20)24)33-22-14-21(30)25(15-26(22)39-7)36(5)13-12-35(3)4/h8-11,14-18H,12-13,30H2,1-7H3,(H,32,38)(H,31,33,34). The van der Waals surface area contributed by atoms with Gasteiger partial charge in [0.1, 0.15) is 11.4 Å². The Hall–Kier alpha value is -4.31. The molecule has 0 saturated carbocycles. The predicted octanol–water partition coefficient (Wildman–Crippen LogP) is 4.56. The van der Waals surface area contributed by atoms with E-state index in [1.807, 2.05) is 83.1 Å². The number of carbonyl (C=O) groups is 1. The quantitative estimate of drug-likeness (QED) is 0.256. The molecule has 39 heavy (non-hydrogen) atoms. The number of likely N-dealkylation sites (N-methyl/N-ethyl adjacent to an activating group) is 2. The van der Waals surface area contributed by atoms with Crippen molar-refractivity contribution in [2.45, 2.75) is 13.8 Å². The maximum Gasteiger partial charge on any atom is 0.227 e. The van der Waals surface area contributed by atoms with Crippen molar-refractivity contribution >= 4 is 45.5 Å². The predicted molar refractivity (Wildman–Crippen MR) is 160 cm³/mol. The number of benzene rings is 2. The summed E-state index contributed by atoms with van der Waals surface area (Å²) in [5, 5.41) is 7.29. The van der Waals surface area contributed by atoms with Crippen molar-refractivity contribution < 1.29 is 9.53 Å². The van der Waals surface area contributed by atoms with Crippen LogP contribution in [0.3, 0.4) is 0 Å². The van der Waals surface area contributed by atoms with E-state index in [-0.39, 0.29) is 11.8 Å². The molecule has 1 amide bonds. The van der Waals surface area contributed by atoms with Gasteiger partial charge in [0.15, 0.2) is 0 Å². The van der Waals surface area contributed by atoms with Crippen LogP contribution in [0.1, 0.15) is 13.8 Å².